The van der Waals surface area contributed by atoms with Crippen LogP contribution in [0.3, 0.4) is 0 Å². The summed E-state index contributed by atoms with van der Waals surface area (Å²) in [6.45, 7) is 3.99. The summed E-state index contributed by atoms with van der Waals surface area (Å²) in [6.07, 6.45) is 2.67. The predicted molar refractivity (Wildman–Crippen MR) is 57.8 cm³/mol. The van der Waals surface area contributed by atoms with Crippen LogP contribution < -0.4 is 10.6 Å². The molecule has 76 valence electrons. The van der Waals surface area contributed by atoms with Gasteiger partial charge in [-0.15, -0.1) is 0 Å². The van der Waals surface area contributed by atoms with Crippen molar-refractivity contribution in [2.75, 3.05) is 20.2 Å². The van der Waals surface area contributed by atoms with Gasteiger partial charge in [-0.2, -0.15) is 0 Å². The molecule has 1 aliphatic rings. The van der Waals surface area contributed by atoms with E-state index in [0.717, 1.165) is 31.1 Å². The van der Waals surface area contributed by atoms with Gasteiger partial charge in [0.15, 0.2) is 5.11 Å². The summed E-state index contributed by atoms with van der Waals surface area (Å²) in [5.41, 5.74) is 0. The number of hydrogen-bond donors (Lipinski definition) is 2. The summed E-state index contributed by atoms with van der Waals surface area (Å²) < 4.78 is 5.58. The normalized spacial score (nSPS) is 27.2. The van der Waals surface area contributed by atoms with Gasteiger partial charge in [-0.1, -0.05) is 6.92 Å². The molecular formula is C9H18N2OS. The third kappa shape index (κ3) is 3.12. The summed E-state index contributed by atoms with van der Waals surface area (Å²) in [4.78, 5) is 0. The van der Waals surface area contributed by atoms with Gasteiger partial charge in [-0.3, -0.25) is 0 Å². The third-order valence-corrected chi connectivity index (χ3v) is 2.85. The van der Waals surface area contributed by atoms with Gasteiger partial charge in [-0.25, -0.2) is 0 Å². The van der Waals surface area contributed by atoms with Crippen molar-refractivity contribution in [3.63, 3.8) is 0 Å². The molecule has 0 spiro atoms. The molecule has 0 aliphatic carbocycles. The van der Waals surface area contributed by atoms with Crippen LogP contribution >= 0.6 is 12.2 Å². The van der Waals surface area contributed by atoms with E-state index >= 15 is 0 Å². The fourth-order valence-corrected chi connectivity index (χ4v) is 1.77. The lowest BCUT2D eigenvalue weighted by molar-refractivity contribution is 0.0883. The highest BCUT2D eigenvalue weighted by molar-refractivity contribution is 7.80. The Hall–Kier alpha value is -0.350. The first kappa shape index (κ1) is 10.7. The second kappa shape index (κ2) is 5.40. The van der Waals surface area contributed by atoms with Crippen molar-refractivity contribution in [3.8, 4) is 0 Å². The minimum atomic E-state index is 0.423. The summed E-state index contributed by atoms with van der Waals surface area (Å²) in [6, 6.07) is 0. The average Bonchev–Trinajstić information content (AvgIpc) is 2.61. The highest BCUT2D eigenvalue weighted by Gasteiger charge is 2.26. The van der Waals surface area contributed by atoms with Gasteiger partial charge in [0.1, 0.15) is 0 Å². The van der Waals surface area contributed by atoms with Crippen molar-refractivity contribution in [1.29, 1.82) is 0 Å². The fraction of sp³-hybridized carbons (Fsp3) is 0.889. The average molecular weight is 202 g/mol. The van der Waals surface area contributed by atoms with Crippen LogP contribution in [-0.4, -0.2) is 31.4 Å². The van der Waals surface area contributed by atoms with E-state index in [1.165, 1.54) is 0 Å². The smallest absolute Gasteiger partial charge is 0.166 e. The van der Waals surface area contributed by atoms with E-state index in [0.29, 0.717) is 12.0 Å². The van der Waals surface area contributed by atoms with E-state index < -0.39 is 0 Å². The van der Waals surface area contributed by atoms with Crippen molar-refractivity contribution in [3.05, 3.63) is 0 Å². The zero-order valence-electron chi connectivity index (χ0n) is 8.30. The minimum absolute atomic E-state index is 0.423. The first-order valence-corrected chi connectivity index (χ1v) is 5.26. The second-order valence-electron chi connectivity index (χ2n) is 3.33. The largest absolute Gasteiger partial charge is 0.378 e. The number of ether oxygens (including phenoxy) is 1. The van der Waals surface area contributed by atoms with Crippen LogP contribution in [-0.2, 0) is 4.74 Å². The van der Waals surface area contributed by atoms with Gasteiger partial charge in [0, 0.05) is 26.1 Å². The maximum Gasteiger partial charge on any atom is 0.166 e. The Bertz CT molecular complexity index is 175. The lowest BCUT2D eigenvalue weighted by Gasteiger charge is -2.17. The van der Waals surface area contributed by atoms with Crippen LogP contribution in [0, 0.1) is 5.92 Å². The molecule has 2 unspecified atom stereocenters. The quantitative estimate of drug-likeness (QED) is 0.666. The summed E-state index contributed by atoms with van der Waals surface area (Å²) in [7, 11) is 1.83. The zero-order valence-corrected chi connectivity index (χ0v) is 9.12. The monoisotopic (exact) mass is 202 g/mol. The maximum absolute atomic E-state index is 5.58. The van der Waals surface area contributed by atoms with E-state index in [1.807, 2.05) is 7.05 Å². The van der Waals surface area contributed by atoms with Crippen molar-refractivity contribution in [2.45, 2.75) is 25.9 Å². The molecule has 2 atom stereocenters. The van der Waals surface area contributed by atoms with Crippen LogP contribution in [0.5, 0.6) is 0 Å². The first-order valence-electron chi connectivity index (χ1n) is 4.85. The van der Waals surface area contributed by atoms with Gasteiger partial charge < -0.3 is 15.4 Å². The molecule has 3 nitrogen and oxygen atoms in total. The topological polar surface area (TPSA) is 33.3 Å². The van der Waals surface area contributed by atoms with Crippen molar-refractivity contribution in [2.24, 2.45) is 5.92 Å². The van der Waals surface area contributed by atoms with Crippen molar-refractivity contribution >= 4 is 17.3 Å². The van der Waals surface area contributed by atoms with Gasteiger partial charge in [0.05, 0.1) is 6.10 Å². The van der Waals surface area contributed by atoms with Gasteiger partial charge in [-0.05, 0) is 25.1 Å². The Labute approximate surface area is 85.2 Å². The number of rotatable bonds is 3. The second-order valence-corrected chi connectivity index (χ2v) is 3.73. The Morgan fingerprint density at radius 3 is 3.00 bits per heavy atom. The molecule has 0 aromatic rings. The standard InChI is InChI=1S/C9H18N2OS/c1-3-8-7(4-5-12-8)6-11-9(13)10-2/h7-8H,3-6H2,1-2H3,(H2,10,11,13). The summed E-state index contributed by atoms with van der Waals surface area (Å²) in [5, 5.41) is 6.80. The molecule has 1 aliphatic heterocycles. The van der Waals surface area contributed by atoms with Crippen LogP contribution in [0.1, 0.15) is 19.8 Å². The molecule has 1 fully saturated rings. The Balaban J connectivity index is 2.23. The molecule has 1 saturated heterocycles. The predicted octanol–water partition coefficient (Wildman–Crippen LogP) is 0.895. The Kier molecular flexibility index (Phi) is 4.45. The van der Waals surface area contributed by atoms with Crippen LogP contribution in [0.2, 0.25) is 0 Å². The van der Waals surface area contributed by atoms with E-state index in [-0.39, 0.29) is 0 Å². The molecule has 1 rings (SSSR count). The summed E-state index contributed by atoms with van der Waals surface area (Å²) >= 11 is 5.00. The van der Waals surface area contributed by atoms with E-state index in [4.69, 9.17) is 17.0 Å². The molecule has 0 bridgehead atoms. The highest BCUT2D eigenvalue weighted by atomic mass is 32.1. The van der Waals surface area contributed by atoms with Gasteiger partial charge >= 0.3 is 0 Å². The molecule has 0 aromatic carbocycles. The van der Waals surface area contributed by atoms with E-state index in [1.54, 1.807) is 0 Å². The number of thiocarbonyl (C=S) groups is 1. The minimum Gasteiger partial charge on any atom is -0.378 e. The number of hydrogen-bond acceptors (Lipinski definition) is 2. The maximum atomic E-state index is 5.58. The van der Waals surface area contributed by atoms with Crippen LogP contribution in [0.4, 0.5) is 0 Å². The van der Waals surface area contributed by atoms with Crippen molar-refractivity contribution in [1.82, 2.24) is 10.6 Å². The van der Waals surface area contributed by atoms with Gasteiger partial charge in [0.25, 0.3) is 0 Å². The first-order chi connectivity index (χ1) is 6.27. The van der Waals surface area contributed by atoms with E-state index in [9.17, 15) is 0 Å². The number of nitrogens with one attached hydrogen (secondary N) is 2. The fourth-order valence-electron chi connectivity index (χ4n) is 1.69. The molecule has 0 radical (unpaired) electrons. The molecule has 4 heteroatoms. The van der Waals surface area contributed by atoms with E-state index in [2.05, 4.69) is 17.6 Å². The van der Waals surface area contributed by atoms with Crippen LogP contribution in [0.15, 0.2) is 0 Å². The van der Waals surface area contributed by atoms with Gasteiger partial charge in [0.2, 0.25) is 0 Å². The SMILES string of the molecule is CCC1OCCC1CNC(=S)NC. The molecule has 1 heterocycles. The third-order valence-electron chi connectivity index (χ3n) is 2.50. The molecule has 0 amide bonds. The molecule has 2 N–H and O–H groups in total. The molecular weight excluding hydrogens is 184 g/mol. The highest BCUT2D eigenvalue weighted by Crippen LogP contribution is 2.22. The lowest BCUT2D eigenvalue weighted by Crippen LogP contribution is -2.37. The molecule has 0 saturated carbocycles. The molecule has 13 heavy (non-hydrogen) atoms. The summed E-state index contributed by atoms with van der Waals surface area (Å²) in [5.74, 6) is 0.622. The Morgan fingerprint density at radius 1 is 1.62 bits per heavy atom. The zero-order chi connectivity index (χ0) is 9.68. The Morgan fingerprint density at radius 2 is 2.38 bits per heavy atom. The van der Waals surface area contributed by atoms with Crippen molar-refractivity contribution < 1.29 is 4.74 Å². The lowest BCUT2D eigenvalue weighted by atomic mass is 10.00. The molecule has 0 aromatic heterocycles. The van der Waals surface area contributed by atoms with Crippen LogP contribution in [0.25, 0.3) is 0 Å².